The number of ether oxygens (including phenoxy) is 1. The number of amides is 3. The molecule has 1 N–H and O–H groups in total. The molecule has 4 rings (SSSR count). The minimum absolute atomic E-state index is 0.150. The first-order valence-electron chi connectivity index (χ1n) is 10.2. The van der Waals surface area contributed by atoms with Crippen LogP contribution < -0.4 is 10.1 Å². The molecule has 0 saturated carbocycles. The normalized spacial score (nSPS) is 26.0. The number of piperidine rings is 1. The van der Waals surface area contributed by atoms with Crippen molar-refractivity contribution in [1.82, 2.24) is 15.1 Å². The molecule has 3 amide bonds. The molecule has 150 valence electrons. The third kappa shape index (κ3) is 3.76. The summed E-state index contributed by atoms with van der Waals surface area (Å²) in [6.07, 6.45) is 4.20. The molecule has 3 heterocycles. The molecule has 3 aliphatic rings. The Morgan fingerprint density at radius 1 is 1.18 bits per heavy atom. The van der Waals surface area contributed by atoms with E-state index >= 15 is 0 Å². The zero-order valence-electron chi connectivity index (χ0n) is 16.3. The largest absolute Gasteiger partial charge is 0.489 e. The van der Waals surface area contributed by atoms with Crippen molar-refractivity contribution in [2.24, 2.45) is 0 Å². The van der Waals surface area contributed by atoms with Gasteiger partial charge in [-0.05, 0) is 62.5 Å². The van der Waals surface area contributed by atoms with Crippen molar-refractivity contribution in [3.8, 4) is 5.75 Å². The summed E-state index contributed by atoms with van der Waals surface area (Å²) in [4.78, 5) is 40.3. The van der Waals surface area contributed by atoms with Crippen LogP contribution in [0.2, 0.25) is 0 Å². The van der Waals surface area contributed by atoms with Crippen molar-refractivity contribution in [3.05, 3.63) is 29.3 Å². The van der Waals surface area contributed by atoms with E-state index in [0.29, 0.717) is 18.5 Å². The molecule has 3 aliphatic heterocycles. The van der Waals surface area contributed by atoms with Gasteiger partial charge < -0.3 is 9.64 Å². The van der Waals surface area contributed by atoms with Gasteiger partial charge in [0.2, 0.25) is 11.8 Å². The molecule has 0 radical (unpaired) electrons. The predicted molar refractivity (Wildman–Crippen MR) is 103 cm³/mol. The number of carbonyl (C=O) groups excluding carboxylic acids is 3. The lowest BCUT2D eigenvalue weighted by Crippen LogP contribution is -2.52. The van der Waals surface area contributed by atoms with Crippen LogP contribution in [0.5, 0.6) is 5.75 Å². The van der Waals surface area contributed by atoms with Crippen LogP contribution in [0.3, 0.4) is 0 Å². The lowest BCUT2D eigenvalue weighted by molar-refractivity contribution is -0.136. The number of fused-ring (bicyclic) bond motifs is 1. The number of likely N-dealkylation sites (N-methyl/N-ethyl adjacent to an activating group) is 1. The van der Waals surface area contributed by atoms with E-state index in [1.165, 1.54) is 6.42 Å². The molecule has 7 nitrogen and oxygen atoms in total. The topological polar surface area (TPSA) is 79.0 Å². The number of nitrogens with one attached hydrogen (secondary N) is 1. The number of likely N-dealkylation sites (tertiary alicyclic amines) is 1. The number of nitrogens with zero attached hydrogens (tertiary/aromatic N) is 2. The maximum Gasteiger partial charge on any atom is 0.255 e. The highest BCUT2D eigenvalue weighted by Crippen LogP contribution is 2.31. The lowest BCUT2D eigenvalue weighted by atomic mass is 10.0. The maximum absolute atomic E-state index is 12.8. The van der Waals surface area contributed by atoms with E-state index in [1.807, 2.05) is 12.1 Å². The number of benzene rings is 1. The second-order valence-corrected chi connectivity index (χ2v) is 7.85. The summed E-state index contributed by atoms with van der Waals surface area (Å²) in [6, 6.07) is 5.00. The van der Waals surface area contributed by atoms with Gasteiger partial charge in [0.15, 0.2) is 0 Å². The fourth-order valence-electron chi connectivity index (χ4n) is 4.38. The molecule has 0 aliphatic carbocycles. The standard InChI is InChI=1S/C21H27N3O4/c1-2-23-10-4-3-5-16(13-23)28-15-6-7-17-14(11-15)12-24(21(17)27)18-8-9-19(25)22-20(18)26/h6-7,11,16,18H,2-5,8-10,12-13H2,1H3,(H,22,25,26)/t16-,18?/m0/s1. The van der Waals surface area contributed by atoms with Crippen molar-refractivity contribution in [1.29, 1.82) is 0 Å². The SMILES string of the molecule is CCN1CCCC[C@H](Oc2ccc3c(c2)CN(C2CCC(=O)NC2=O)C3=O)C1. The van der Waals surface area contributed by atoms with E-state index in [9.17, 15) is 14.4 Å². The average Bonchev–Trinajstić information content (AvgIpc) is 2.85. The number of hydrogen-bond donors (Lipinski definition) is 1. The Labute approximate surface area is 165 Å². The molecule has 2 fully saturated rings. The average molecular weight is 385 g/mol. The number of imide groups is 1. The Bertz CT molecular complexity index is 794. The molecule has 0 spiro atoms. The molecule has 1 aromatic carbocycles. The number of hydrogen-bond acceptors (Lipinski definition) is 5. The molecule has 0 aromatic heterocycles. The van der Waals surface area contributed by atoms with E-state index in [-0.39, 0.29) is 30.2 Å². The van der Waals surface area contributed by atoms with E-state index in [1.54, 1.807) is 11.0 Å². The maximum atomic E-state index is 12.8. The summed E-state index contributed by atoms with van der Waals surface area (Å²) < 4.78 is 6.25. The van der Waals surface area contributed by atoms with Crippen LogP contribution in [0.15, 0.2) is 18.2 Å². The molecular weight excluding hydrogens is 358 g/mol. The van der Waals surface area contributed by atoms with Gasteiger partial charge in [0, 0.05) is 25.1 Å². The van der Waals surface area contributed by atoms with Gasteiger partial charge in [-0.3, -0.25) is 24.6 Å². The van der Waals surface area contributed by atoms with Crippen molar-refractivity contribution in [2.45, 2.75) is 57.7 Å². The monoisotopic (exact) mass is 385 g/mol. The Kier molecular flexibility index (Phi) is 5.35. The summed E-state index contributed by atoms with van der Waals surface area (Å²) in [5.74, 6) is -0.0279. The van der Waals surface area contributed by atoms with Gasteiger partial charge in [0.05, 0.1) is 0 Å². The van der Waals surface area contributed by atoms with Gasteiger partial charge in [-0.1, -0.05) is 6.92 Å². The second kappa shape index (κ2) is 7.91. The first kappa shape index (κ1) is 18.9. The van der Waals surface area contributed by atoms with Crippen molar-refractivity contribution in [2.75, 3.05) is 19.6 Å². The number of rotatable bonds is 4. The van der Waals surface area contributed by atoms with Crippen LogP contribution in [-0.2, 0) is 16.1 Å². The van der Waals surface area contributed by atoms with Gasteiger partial charge in [0.1, 0.15) is 17.9 Å². The van der Waals surface area contributed by atoms with Gasteiger partial charge in [-0.2, -0.15) is 0 Å². The van der Waals surface area contributed by atoms with E-state index in [4.69, 9.17) is 4.74 Å². The third-order valence-electron chi connectivity index (χ3n) is 5.96. The number of carbonyl (C=O) groups is 3. The summed E-state index contributed by atoms with van der Waals surface area (Å²) >= 11 is 0. The van der Waals surface area contributed by atoms with Crippen LogP contribution in [0, 0.1) is 0 Å². The van der Waals surface area contributed by atoms with Gasteiger partial charge in [0.25, 0.3) is 5.91 Å². The first-order valence-corrected chi connectivity index (χ1v) is 10.2. The zero-order chi connectivity index (χ0) is 19.7. The minimum atomic E-state index is -0.582. The molecule has 1 aromatic rings. The van der Waals surface area contributed by atoms with Crippen LogP contribution in [0.25, 0.3) is 0 Å². The molecule has 28 heavy (non-hydrogen) atoms. The zero-order valence-corrected chi connectivity index (χ0v) is 16.3. The van der Waals surface area contributed by atoms with Crippen molar-refractivity contribution in [3.63, 3.8) is 0 Å². The summed E-state index contributed by atoms with van der Waals surface area (Å²) in [5.41, 5.74) is 1.50. The van der Waals surface area contributed by atoms with Crippen LogP contribution in [0.1, 0.15) is 54.9 Å². The van der Waals surface area contributed by atoms with Crippen molar-refractivity contribution < 1.29 is 19.1 Å². The summed E-state index contributed by atoms with van der Waals surface area (Å²) in [6.45, 7) is 5.63. The van der Waals surface area contributed by atoms with E-state index in [2.05, 4.69) is 17.1 Å². The molecule has 0 bridgehead atoms. The molecule has 1 unspecified atom stereocenters. The third-order valence-corrected chi connectivity index (χ3v) is 5.96. The molecule has 2 atom stereocenters. The highest BCUT2D eigenvalue weighted by Gasteiger charge is 2.39. The van der Waals surface area contributed by atoms with Gasteiger partial charge in [-0.15, -0.1) is 0 Å². The smallest absolute Gasteiger partial charge is 0.255 e. The highest BCUT2D eigenvalue weighted by atomic mass is 16.5. The van der Waals surface area contributed by atoms with Crippen LogP contribution in [0.4, 0.5) is 0 Å². The molecule has 7 heteroatoms. The Hall–Kier alpha value is -2.41. The quantitative estimate of drug-likeness (QED) is 0.798. The Morgan fingerprint density at radius 2 is 2.04 bits per heavy atom. The van der Waals surface area contributed by atoms with Crippen LogP contribution in [-0.4, -0.2) is 59.3 Å². The van der Waals surface area contributed by atoms with Gasteiger partial charge in [-0.25, -0.2) is 0 Å². The Morgan fingerprint density at radius 3 is 2.82 bits per heavy atom. The van der Waals surface area contributed by atoms with E-state index < -0.39 is 6.04 Å². The lowest BCUT2D eigenvalue weighted by Gasteiger charge is -2.29. The van der Waals surface area contributed by atoms with Crippen molar-refractivity contribution >= 4 is 17.7 Å². The summed E-state index contributed by atoms with van der Waals surface area (Å²) in [7, 11) is 0. The minimum Gasteiger partial charge on any atom is -0.489 e. The van der Waals surface area contributed by atoms with Gasteiger partial charge >= 0.3 is 0 Å². The molecule has 2 saturated heterocycles. The second-order valence-electron chi connectivity index (χ2n) is 7.85. The summed E-state index contributed by atoms with van der Waals surface area (Å²) in [5, 5.41) is 2.33. The van der Waals surface area contributed by atoms with Crippen LogP contribution >= 0.6 is 0 Å². The van der Waals surface area contributed by atoms with E-state index in [0.717, 1.165) is 43.8 Å². The predicted octanol–water partition coefficient (Wildman–Crippen LogP) is 1.70. The highest BCUT2D eigenvalue weighted by molar-refractivity contribution is 6.05. The fourth-order valence-corrected chi connectivity index (χ4v) is 4.38. The fraction of sp³-hybridized carbons (Fsp3) is 0.571. The Balaban J connectivity index is 1.46. The molecular formula is C21H27N3O4. The first-order chi connectivity index (χ1) is 13.5.